The van der Waals surface area contributed by atoms with Gasteiger partial charge in [0.05, 0.1) is 4.90 Å². The second-order valence-electron chi connectivity index (χ2n) is 5.48. The molecule has 0 bridgehead atoms. The minimum atomic E-state index is -3.57. The molecule has 124 valence electrons. The molecule has 2 aromatic rings. The van der Waals surface area contributed by atoms with Crippen LogP contribution in [0.25, 0.3) is 0 Å². The topological polar surface area (TPSA) is 37.4 Å². The molecular formula is C16H18FNO2S3. The predicted molar refractivity (Wildman–Crippen MR) is 94.0 cm³/mol. The smallest absolute Gasteiger partial charge is 0.207 e. The van der Waals surface area contributed by atoms with Crippen LogP contribution in [0.2, 0.25) is 0 Å². The Morgan fingerprint density at radius 2 is 2.09 bits per heavy atom. The molecule has 1 aromatic carbocycles. The number of hydrogen-bond acceptors (Lipinski definition) is 4. The zero-order chi connectivity index (χ0) is 16.4. The Balaban J connectivity index is 1.81. The fourth-order valence-electron chi connectivity index (χ4n) is 2.73. The summed E-state index contributed by atoms with van der Waals surface area (Å²) in [6.07, 6.45) is 0.796. The average molecular weight is 372 g/mol. The lowest BCUT2D eigenvalue weighted by Crippen LogP contribution is -2.33. The SMILES string of the molecule is Cc1cc(F)ccc1S(=O)(=O)N1CCS[C@H](c2cccs2)CC1. The van der Waals surface area contributed by atoms with E-state index >= 15 is 0 Å². The van der Waals surface area contributed by atoms with E-state index in [1.165, 1.54) is 27.4 Å². The van der Waals surface area contributed by atoms with E-state index < -0.39 is 15.8 Å². The molecule has 2 heterocycles. The van der Waals surface area contributed by atoms with Gasteiger partial charge in [-0.15, -0.1) is 11.3 Å². The fourth-order valence-corrected chi connectivity index (χ4v) is 6.75. The lowest BCUT2D eigenvalue weighted by Gasteiger charge is -2.21. The standard InChI is InChI=1S/C16H18FNO2S3/c1-12-11-13(17)4-5-16(12)23(19,20)18-7-6-15(22-10-8-18)14-3-2-9-21-14/h2-5,9,11,15H,6-8,10H2,1H3/t15-/m0/s1. The number of rotatable bonds is 3. The largest absolute Gasteiger partial charge is 0.243 e. The molecule has 0 unspecified atom stereocenters. The number of nitrogens with zero attached hydrogens (tertiary/aromatic N) is 1. The highest BCUT2D eigenvalue weighted by molar-refractivity contribution is 7.99. The van der Waals surface area contributed by atoms with E-state index in [-0.39, 0.29) is 4.90 Å². The van der Waals surface area contributed by atoms with E-state index in [1.54, 1.807) is 18.3 Å². The molecule has 7 heteroatoms. The van der Waals surface area contributed by atoms with Crippen molar-refractivity contribution in [1.29, 1.82) is 0 Å². The van der Waals surface area contributed by atoms with Crippen LogP contribution < -0.4 is 0 Å². The molecule has 1 aromatic heterocycles. The summed E-state index contributed by atoms with van der Waals surface area (Å²) >= 11 is 3.53. The Bertz CT molecular complexity index is 775. The monoisotopic (exact) mass is 371 g/mol. The molecule has 23 heavy (non-hydrogen) atoms. The molecule has 0 spiro atoms. The van der Waals surface area contributed by atoms with Crippen molar-refractivity contribution in [3.8, 4) is 0 Å². The number of hydrogen-bond donors (Lipinski definition) is 0. The molecule has 0 N–H and O–H groups in total. The van der Waals surface area contributed by atoms with Gasteiger partial charge in [-0.25, -0.2) is 12.8 Å². The number of sulfonamides is 1. The van der Waals surface area contributed by atoms with Crippen molar-refractivity contribution in [3.63, 3.8) is 0 Å². The summed E-state index contributed by atoms with van der Waals surface area (Å²) in [5.74, 6) is 0.354. The first-order valence-corrected chi connectivity index (χ1v) is 10.8. The van der Waals surface area contributed by atoms with Gasteiger partial charge >= 0.3 is 0 Å². The van der Waals surface area contributed by atoms with Gasteiger partial charge in [-0.1, -0.05) is 6.07 Å². The van der Waals surface area contributed by atoms with Gasteiger partial charge in [0, 0.05) is 29.0 Å². The van der Waals surface area contributed by atoms with E-state index in [9.17, 15) is 12.8 Å². The third kappa shape index (κ3) is 3.63. The number of aryl methyl sites for hydroxylation is 1. The van der Waals surface area contributed by atoms with E-state index in [2.05, 4.69) is 11.4 Å². The number of thiophene rings is 1. The lowest BCUT2D eigenvalue weighted by atomic mass is 10.2. The van der Waals surface area contributed by atoms with Gasteiger partial charge in [0.1, 0.15) is 5.82 Å². The Morgan fingerprint density at radius 3 is 2.78 bits per heavy atom. The molecule has 0 saturated carbocycles. The average Bonchev–Trinajstić information content (AvgIpc) is 2.91. The molecule has 1 aliphatic heterocycles. The summed E-state index contributed by atoms with van der Waals surface area (Å²) in [5, 5.41) is 2.40. The predicted octanol–water partition coefficient (Wildman–Crippen LogP) is 4.06. The number of benzene rings is 1. The van der Waals surface area contributed by atoms with Gasteiger partial charge in [-0.3, -0.25) is 0 Å². The summed E-state index contributed by atoms with van der Waals surface area (Å²) in [5.41, 5.74) is 0.455. The molecule has 1 aliphatic rings. The highest BCUT2D eigenvalue weighted by atomic mass is 32.2. The Labute approximate surface area is 144 Å². The zero-order valence-electron chi connectivity index (χ0n) is 12.7. The molecule has 0 aliphatic carbocycles. The van der Waals surface area contributed by atoms with Gasteiger partial charge in [0.2, 0.25) is 10.0 Å². The van der Waals surface area contributed by atoms with Crippen LogP contribution in [0.4, 0.5) is 4.39 Å². The van der Waals surface area contributed by atoms with Gasteiger partial charge in [-0.05, 0) is 48.6 Å². The van der Waals surface area contributed by atoms with Crippen molar-refractivity contribution < 1.29 is 12.8 Å². The van der Waals surface area contributed by atoms with Crippen LogP contribution in [0, 0.1) is 12.7 Å². The van der Waals surface area contributed by atoms with E-state index in [0.717, 1.165) is 12.2 Å². The zero-order valence-corrected chi connectivity index (χ0v) is 15.2. The molecule has 0 radical (unpaired) electrons. The third-order valence-electron chi connectivity index (χ3n) is 3.92. The molecule has 1 fully saturated rings. The Kier molecular flexibility index (Phi) is 5.10. The van der Waals surface area contributed by atoms with Gasteiger partial charge in [0.15, 0.2) is 0 Å². The van der Waals surface area contributed by atoms with E-state index in [0.29, 0.717) is 23.9 Å². The maximum absolute atomic E-state index is 13.2. The second-order valence-corrected chi connectivity index (χ2v) is 9.67. The Morgan fingerprint density at radius 1 is 1.26 bits per heavy atom. The minimum Gasteiger partial charge on any atom is -0.207 e. The molecular weight excluding hydrogens is 353 g/mol. The van der Waals surface area contributed by atoms with E-state index in [1.807, 2.05) is 17.8 Å². The van der Waals surface area contributed by atoms with Crippen LogP contribution >= 0.6 is 23.1 Å². The molecule has 1 atom stereocenters. The third-order valence-corrected chi connectivity index (χ3v) is 8.42. The van der Waals surface area contributed by atoms with Crippen molar-refractivity contribution in [3.05, 3.63) is 52.0 Å². The highest BCUT2D eigenvalue weighted by Crippen LogP contribution is 2.37. The molecule has 3 nitrogen and oxygen atoms in total. The van der Waals surface area contributed by atoms with Crippen LogP contribution in [-0.2, 0) is 10.0 Å². The molecule has 0 amide bonds. The fraction of sp³-hybridized carbons (Fsp3) is 0.375. The van der Waals surface area contributed by atoms with Crippen LogP contribution in [-0.4, -0.2) is 31.6 Å². The second kappa shape index (κ2) is 6.93. The van der Waals surface area contributed by atoms with Gasteiger partial charge < -0.3 is 0 Å². The van der Waals surface area contributed by atoms with Crippen LogP contribution in [0.5, 0.6) is 0 Å². The van der Waals surface area contributed by atoms with Gasteiger partial charge in [-0.2, -0.15) is 16.1 Å². The Hall–Kier alpha value is -0.890. The summed E-state index contributed by atoms with van der Waals surface area (Å²) in [6, 6.07) is 7.99. The van der Waals surface area contributed by atoms with E-state index in [4.69, 9.17) is 0 Å². The van der Waals surface area contributed by atoms with Crippen molar-refractivity contribution in [2.45, 2.75) is 23.5 Å². The summed E-state index contributed by atoms with van der Waals surface area (Å²) in [4.78, 5) is 1.51. The van der Waals surface area contributed by atoms with Crippen LogP contribution in [0.15, 0.2) is 40.6 Å². The summed E-state index contributed by atoms with van der Waals surface area (Å²) in [7, 11) is -3.57. The summed E-state index contributed by atoms with van der Waals surface area (Å²) in [6.45, 7) is 2.62. The maximum Gasteiger partial charge on any atom is 0.243 e. The summed E-state index contributed by atoms with van der Waals surface area (Å²) < 4.78 is 40.5. The van der Waals surface area contributed by atoms with Crippen LogP contribution in [0.3, 0.4) is 0 Å². The van der Waals surface area contributed by atoms with Crippen molar-refractivity contribution in [2.75, 3.05) is 18.8 Å². The van der Waals surface area contributed by atoms with Crippen LogP contribution in [0.1, 0.15) is 22.1 Å². The number of halogens is 1. The molecule has 3 rings (SSSR count). The maximum atomic E-state index is 13.2. The van der Waals surface area contributed by atoms with Crippen molar-refractivity contribution in [1.82, 2.24) is 4.31 Å². The molecule has 1 saturated heterocycles. The first-order valence-electron chi connectivity index (χ1n) is 7.40. The highest BCUT2D eigenvalue weighted by Gasteiger charge is 2.29. The van der Waals surface area contributed by atoms with Gasteiger partial charge in [0.25, 0.3) is 0 Å². The first-order chi connectivity index (χ1) is 11.0. The minimum absolute atomic E-state index is 0.207. The van der Waals surface area contributed by atoms with Crippen molar-refractivity contribution in [2.24, 2.45) is 0 Å². The first kappa shape index (κ1) is 17.0. The quantitative estimate of drug-likeness (QED) is 0.816. The normalized spacial score (nSPS) is 20.3. The number of thioether (sulfide) groups is 1. The van der Waals surface area contributed by atoms with Crippen molar-refractivity contribution >= 4 is 33.1 Å². The lowest BCUT2D eigenvalue weighted by molar-refractivity contribution is 0.428.